The van der Waals surface area contributed by atoms with Crippen molar-refractivity contribution in [1.82, 2.24) is 10.2 Å². The van der Waals surface area contributed by atoms with Crippen molar-refractivity contribution in [3.05, 3.63) is 18.2 Å². The molecule has 2 rings (SSSR count). The Morgan fingerprint density at radius 3 is 2.64 bits per heavy atom. The highest BCUT2D eigenvalue weighted by Crippen LogP contribution is 2.27. The summed E-state index contributed by atoms with van der Waals surface area (Å²) < 4.78 is 9.95. The third-order valence-electron chi connectivity index (χ3n) is 3.74. The minimum Gasteiger partial charge on any atom is -0.495 e. The first kappa shape index (κ1) is 18.5. The molecule has 9 heteroatoms. The van der Waals surface area contributed by atoms with Crippen LogP contribution in [0.4, 0.5) is 16.2 Å². The number of rotatable bonds is 6. The maximum Gasteiger partial charge on any atom is 0.319 e. The highest BCUT2D eigenvalue weighted by atomic mass is 16.5. The summed E-state index contributed by atoms with van der Waals surface area (Å²) in [6.45, 7) is 0.514. The van der Waals surface area contributed by atoms with Crippen molar-refractivity contribution < 1.29 is 23.9 Å². The van der Waals surface area contributed by atoms with Gasteiger partial charge in [0, 0.05) is 26.4 Å². The molecule has 3 N–H and O–H groups in total. The quantitative estimate of drug-likeness (QED) is 0.697. The van der Waals surface area contributed by atoms with Crippen molar-refractivity contribution in [3.63, 3.8) is 0 Å². The van der Waals surface area contributed by atoms with Crippen LogP contribution in [-0.2, 0) is 14.3 Å². The number of benzene rings is 1. The van der Waals surface area contributed by atoms with Crippen molar-refractivity contribution in [2.75, 3.05) is 45.1 Å². The van der Waals surface area contributed by atoms with Crippen LogP contribution >= 0.6 is 0 Å². The molecule has 1 aliphatic rings. The summed E-state index contributed by atoms with van der Waals surface area (Å²) in [6, 6.07) is 3.80. The maximum atomic E-state index is 12.1. The van der Waals surface area contributed by atoms with Crippen LogP contribution in [0.5, 0.6) is 5.75 Å². The zero-order valence-corrected chi connectivity index (χ0v) is 14.4. The van der Waals surface area contributed by atoms with Gasteiger partial charge in [0.25, 0.3) is 0 Å². The fourth-order valence-electron chi connectivity index (χ4n) is 2.48. The fraction of sp³-hybridized carbons (Fsp3) is 0.438. The van der Waals surface area contributed by atoms with Crippen LogP contribution in [0.2, 0.25) is 0 Å². The lowest BCUT2D eigenvalue weighted by Crippen LogP contribution is -2.42. The van der Waals surface area contributed by atoms with Gasteiger partial charge >= 0.3 is 6.03 Å². The number of urea groups is 1. The van der Waals surface area contributed by atoms with Crippen LogP contribution in [0.25, 0.3) is 0 Å². The molecule has 0 saturated carbocycles. The molecule has 136 valence electrons. The Morgan fingerprint density at radius 2 is 2.04 bits per heavy atom. The second kappa shape index (κ2) is 8.34. The van der Waals surface area contributed by atoms with Gasteiger partial charge in [-0.1, -0.05) is 0 Å². The largest absolute Gasteiger partial charge is 0.495 e. The molecule has 1 aliphatic heterocycles. The smallest absolute Gasteiger partial charge is 0.319 e. The van der Waals surface area contributed by atoms with E-state index in [4.69, 9.17) is 9.47 Å². The molecular formula is C16H22N4O5. The third-order valence-corrected chi connectivity index (χ3v) is 3.74. The lowest BCUT2D eigenvalue weighted by Gasteiger charge is -2.15. The molecule has 1 fully saturated rings. The van der Waals surface area contributed by atoms with E-state index in [1.165, 1.54) is 14.2 Å². The number of carbonyl (C=O) groups excluding carboxylic acids is 3. The summed E-state index contributed by atoms with van der Waals surface area (Å²) in [5.74, 6) is -0.0117. The van der Waals surface area contributed by atoms with Gasteiger partial charge in [-0.15, -0.1) is 0 Å². The summed E-state index contributed by atoms with van der Waals surface area (Å²) in [5.41, 5.74) is 0.851. The number of nitrogens with zero attached hydrogens (tertiary/aromatic N) is 1. The van der Waals surface area contributed by atoms with Gasteiger partial charge in [0.05, 0.1) is 12.8 Å². The number of likely N-dealkylation sites (N-methyl/N-ethyl adjacent to an activating group) is 1. The Morgan fingerprint density at radius 1 is 1.28 bits per heavy atom. The Kier molecular flexibility index (Phi) is 6.18. The predicted octanol–water partition coefficient (Wildman–Crippen LogP) is 0.632. The van der Waals surface area contributed by atoms with Crippen molar-refractivity contribution in [1.29, 1.82) is 0 Å². The van der Waals surface area contributed by atoms with E-state index in [9.17, 15) is 14.4 Å². The average Bonchev–Trinajstić information content (AvgIpc) is 2.87. The van der Waals surface area contributed by atoms with Crippen LogP contribution in [0.3, 0.4) is 0 Å². The molecule has 1 atom stereocenters. The van der Waals surface area contributed by atoms with Gasteiger partial charge in [-0.2, -0.15) is 0 Å². The van der Waals surface area contributed by atoms with Crippen LogP contribution in [-0.4, -0.2) is 63.2 Å². The Labute approximate surface area is 145 Å². The van der Waals surface area contributed by atoms with Gasteiger partial charge in [-0.3, -0.25) is 9.59 Å². The van der Waals surface area contributed by atoms with E-state index < -0.39 is 12.1 Å². The maximum absolute atomic E-state index is 12.1. The molecule has 0 aromatic heterocycles. The first-order chi connectivity index (χ1) is 11.9. The standard InChI is InChI=1S/C16H22N4O5/c1-20-7-6-11(15(20)22)19-16(23)17-10-4-5-13(25-3)12(8-10)18-14(21)9-24-2/h4-5,8,11H,6-7,9H2,1-3H3,(H,18,21)(H2,17,19,23)/t11-/m0/s1. The molecule has 0 unspecified atom stereocenters. The van der Waals surface area contributed by atoms with Gasteiger partial charge in [-0.25, -0.2) is 4.79 Å². The Bertz CT molecular complexity index is 664. The molecule has 0 radical (unpaired) electrons. The fourth-order valence-corrected chi connectivity index (χ4v) is 2.48. The van der Waals surface area contributed by atoms with E-state index >= 15 is 0 Å². The first-order valence-corrected chi connectivity index (χ1v) is 7.74. The van der Waals surface area contributed by atoms with E-state index in [0.29, 0.717) is 30.1 Å². The summed E-state index contributed by atoms with van der Waals surface area (Å²) in [7, 11) is 4.59. The zero-order valence-electron chi connectivity index (χ0n) is 14.4. The van der Waals surface area contributed by atoms with Crippen LogP contribution < -0.4 is 20.7 Å². The number of carbonyl (C=O) groups is 3. The van der Waals surface area contributed by atoms with E-state index in [1.54, 1.807) is 30.1 Å². The highest BCUT2D eigenvalue weighted by molar-refractivity contribution is 5.97. The molecule has 1 saturated heterocycles. The summed E-state index contributed by atoms with van der Waals surface area (Å²) in [4.78, 5) is 37.1. The second-order valence-electron chi connectivity index (χ2n) is 5.60. The van der Waals surface area contributed by atoms with Crippen LogP contribution in [0, 0.1) is 0 Å². The third kappa shape index (κ3) is 4.83. The first-order valence-electron chi connectivity index (χ1n) is 7.74. The normalized spacial score (nSPS) is 16.5. The number of nitrogens with one attached hydrogen (secondary N) is 3. The van der Waals surface area contributed by atoms with E-state index in [-0.39, 0.29) is 18.4 Å². The number of methoxy groups -OCH3 is 2. The number of hydrogen-bond donors (Lipinski definition) is 3. The number of hydrogen-bond acceptors (Lipinski definition) is 5. The molecule has 25 heavy (non-hydrogen) atoms. The van der Waals surface area contributed by atoms with Gasteiger partial charge in [0.2, 0.25) is 11.8 Å². The van der Waals surface area contributed by atoms with Crippen molar-refractivity contribution in [3.8, 4) is 5.75 Å². The Hall–Kier alpha value is -2.81. The van der Waals surface area contributed by atoms with Gasteiger partial charge < -0.3 is 30.3 Å². The molecule has 4 amide bonds. The van der Waals surface area contributed by atoms with E-state index in [2.05, 4.69) is 16.0 Å². The van der Waals surface area contributed by atoms with Gasteiger partial charge in [0.1, 0.15) is 18.4 Å². The van der Waals surface area contributed by atoms with E-state index in [1.807, 2.05) is 0 Å². The second-order valence-corrected chi connectivity index (χ2v) is 5.60. The number of likely N-dealkylation sites (tertiary alicyclic amines) is 1. The highest BCUT2D eigenvalue weighted by Gasteiger charge is 2.30. The molecular weight excluding hydrogens is 328 g/mol. The average molecular weight is 350 g/mol. The number of ether oxygens (including phenoxy) is 2. The van der Waals surface area contributed by atoms with Gasteiger partial charge in [0.15, 0.2) is 0 Å². The zero-order chi connectivity index (χ0) is 18.4. The lowest BCUT2D eigenvalue weighted by atomic mass is 10.2. The monoisotopic (exact) mass is 350 g/mol. The van der Waals surface area contributed by atoms with Crippen molar-refractivity contribution in [2.45, 2.75) is 12.5 Å². The molecule has 1 heterocycles. The predicted molar refractivity (Wildman–Crippen MR) is 91.7 cm³/mol. The molecule has 0 aliphatic carbocycles. The molecule has 1 aromatic carbocycles. The molecule has 9 nitrogen and oxygen atoms in total. The van der Waals surface area contributed by atoms with Crippen LogP contribution in [0.1, 0.15) is 6.42 Å². The summed E-state index contributed by atoms with van der Waals surface area (Å²) >= 11 is 0. The van der Waals surface area contributed by atoms with Crippen molar-refractivity contribution in [2.24, 2.45) is 0 Å². The minimum absolute atomic E-state index is 0.0986. The lowest BCUT2D eigenvalue weighted by molar-refractivity contribution is -0.128. The number of anilines is 2. The van der Waals surface area contributed by atoms with Gasteiger partial charge in [-0.05, 0) is 24.6 Å². The van der Waals surface area contributed by atoms with E-state index in [0.717, 1.165) is 0 Å². The van der Waals surface area contributed by atoms with Crippen LogP contribution in [0.15, 0.2) is 18.2 Å². The summed E-state index contributed by atoms with van der Waals surface area (Å²) in [6.07, 6.45) is 0.573. The summed E-state index contributed by atoms with van der Waals surface area (Å²) in [5, 5.41) is 7.92. The molecule has 0 spiro atoms. The topological polar surface area (TPSA) is 109 Å². The van der Waals surface area contributed by atoms with Crippen molar-refractivity contribution >= 4 is 29.2 Å². The SMILES string of the molecule is COCC(=O)Nc1cc(NC(=O)N[C@H]2CCN(C)C2=O)ccc1OC. The molecule has 1 aromatic rings. The number of amides is 4. The minimum atomic E-state index is -0.524. The Balaban J connectivity index is 2.02. The molecule has 0 bridgehead atoms.